The summed E-state index contributed by atoms with van der Waals surface area (Å²) in [4.78, 5) is 33.1. The van der Waals surface area contributed by atoms with Crippen LogP contribution in [0.5, 0.6) is 0 Å². The number of piperidine rings is 1. The van der Waals surface area contributed by atoms with Gasteiger partial charge < -0.3 is 10.6 Å². The molecule has 0 radical (unpaired) electrons. The van der Waals surface area contributed by atoms with Crippen LogP contribution in [0, 0.1) is 6.92 Å². The predicted octanol–water partition coefficient (Wildman–Crippen LogP) is 3.64. The maximum absolute atomic E-state index is 14.1. The van der Waals surface area contributed by atoms with Crippen LogP contribution in [0.25, 0.3) is 0 Å². The number of likely N-dealkylation sites (tertiary alicyclic amines) is 1. The standard InChI is InChI=1S/C25H31N3O2/c1-19-9-11-20(12-10-19)24(13-4-2-5-14-24)23(30)28-17-7-15-25(18-28,22(26)29)21-8-3-6-16-27-21/h3,6,8-12,16H,2,4-5,7,13-15,17-18H2,1H3,(H2,26,29)/t25-/m0/s1. The lowest BCUT2D eigenvalue weighted by Crippen LogP contribution is -2.59. The van der Waals surface area contributed by atoms with E-state index in [1.54, 1.807) is 6.20 Å². The predicted molar refractivity (Wildman–Crippen MR) is 117 cm³/mol. The average molecular weight is 406 g/mol. The van der Waals surface area contributed by atoms with Crippen molar-refractivity contribution in [2.24, 2.45) is 5.73 Å². The number of aryl methyl sites for hydroxylation is 1. The fraction of sp³-hybridized carbons (Fsp3) is 0.480. The number of amides is 2. The molecule has 2 aliphatic rings. The molecule has 1 aliphatic carbocycles. The molecule has 5 nitrogen and oxygen atoms in total. The maximum atomic E-state index is 14.1. The molecular formula is C25H31N3O2. The zero-order valence-corrected chi connectivity index (χ0v) is 17.8. The van der Waals surface area contributed by atoms with Gasteiger partial charge in [-0.3, -0.25) is 14.6 Å². The van der Waals surface area contributed by atoms with Gasteiger partial charge in [0.2, 0.25) is 11.8 Å². The number of pyridine rings is 1. The molecule has 2 N–H and O–H groups in total. The number of carbonyl (C=O) groups excluding carboxylic acids is 2. The number of hydrogen-bond donors (Lipinski definition) is 1. The molecule has 4 rings (SSSR count). The number of nitrogens with zero attached hydrogens (tertiary/aromatic N) is 2. The fourth-order valence-electron chi connectivity index (χ4n) is 5.37. The topological polar surface area (TPSA) is 76.3 Å². The number of benzene rings is 1. The maximum Gasteiger partial charge on any atom is 0.233 e. The smallest absolute Gasteiger partial charge is 0.233 e. The number of primary amides is 1. The lowest BCUT2D eigenvalue weighted by Gasteiger charge is -2.46. The van der Waals surface area contributed by atoms with Crippen molar-refractivity contribution in [1.82, 2.24) is 9.88 Å². The molecule has 2 heterocycles. The second-order valence-corrected chi connectivity index (χ2v) is 9.00. The number of carbonyl (C=O) groups is 2. The Morgan fingerprint density at radius 2 is 1.63 bits per heavy atom. The van der Waals surface area contributed by atoms with E-state index in [1.807, 2.05) is 23.1 Å². The lowest BCUT2D eigenvalue weighted by atomic mass is 9.67. The summed E-state index contributed by atoms with van der Waals surface area (Å²) >= 11 is 0. The van der Waals surface area contributed by atoms with Gasteiger partial charge in [-0.1, -0.05) is 55.2 Å². The van der Waals surface area contributed by atoms with Gasteiger partial charge in [0.1, 0.15) is 5.41 Å². The van der Waals surface area contributed by atoms with E-state index in [2.05, 4.69) is 36.2 Å². The molecule has 0 bridgehead atoms. The van der Waals surface area contributed by atoms with Crippen LogP contribution in [0.4, 0.5) is 0 Å². The first-order valence-electron chi connectivity index (χ1n) is 11.1. The zero-order chi connectivity index (χ0) is 21.2. The third kappa shape index (κ3) is 3.51. The van der Waals surface area contributed by atoms with Crippen molar-refractivity contribution in [3.8, 4) is 0 Å². The van der Waals surface area contributed by atoms with Crippen molar-refractivity contribution in [3.05, 3.63) is 65.5 Å². The number of nitrogens with two attached hydrogens (primary N) is 1. The normalized spacial score (nSPS) is 23.7. The van der Waals surface area contributed by atoms with E-state index >= 15 is 0 Å². The second kappa shape index (κ2) is 8.21. The Morgan fingerprint density at radius 1 is 0.933 bits per heavy atom. The van der Waals surface area contributed by atoms with E-state index < -0.39 is 16.7 Å². The Balaban J connectivity index is 1.70. The highest BCUT2D eigenvalue weighted by atomic mass is 16.2. The first kappa shape index (κ1) is 20.6. The number of hydrogen-bond acceptors (Lipinski definition) is 3. The van der Waals surface area contributed by atoms with Crippen LogP contribution in [0.2, 0.25) is 0 Å². The van der Waals surface area contributed by atoms with E-state index in [0.717, 1.165) is 37.7 Å². The third-order valence-electron chi connectivity index (χ3n) is 7.13. The van der Waals surface area contributed by atoms with E-state index in [-0.39, 0.29) is 5.91 Å². The van der Waals surface area contributed by atoms with Crippen LogP contribution >= 0.6 is 0 Å². The van der Waals surface area contributed by atoms with Crippen LogP contribution in [0.15, 0.2) is 48.7 Å². The van der Waals surface area contributed by atoms with E-state index in [4.69, 9.17) is 5.73 Å². The molecule has 1 aromatic carbocycles. The van der Waals surface area contributed by atoms with E-state index in [0.29, 0.717) is 25.2 Å². The van der Waals surface area contributed by atoms with E-state index in [9.17, 15) is 9.59 Å². The molecule has 1 aromatic heterocycles. The number of rotatable bonds is 4. The molecule has 1 saturated carbocycles. The van der Waals surface area contributed by atoms with Crippen molar-refractivity contribution in [3.63, 3.8) is 0 Å². The lowest BCUT2D eigenvalue weighted by molar-refractivity contribution is -0.143. The minimum Gasteiger partial charge on any atom is -0.369 e. The molecule has 1 atom stereocenters. The summed E-state index contributed by atoms with van der Waals surface area (Å²) in [7, 11) is 0. The Bertz CT molecular complexity index is 904. The van der Waals surface area contributed by atoms with Crippen molar-refractivity contribution >= 4 is 11.8 Å². The first-order chi connectivity index (χ1) is 14.5. The van der Waals surface area contributed by atoms with Crippen LogP contribution in [-0.2, 0) is 20.4 Å². The molecule has 1 aliphatic heterocycles. The summed E-state index contributed by atoms with van der Waals surface area (Å²) in [5.74, 6) is -0.251. The Kier molecular flexibility index (Phi) is 5.63. The summed E-state index contributed by atoms with van der Waals surface area (Å²) < 4.78 is 0. The summed E-state index contributed by atoms with van der Waals surface area (Å²) in [6, 6.07) is 14.0. The molecular weight excluding hydrogens is 374 g/mol. The van der Waals surface area contributed by atoms with Crippen LogP contribution < -0.4 is 5.73 Å². The monoisotopic (exact) mass is 405 g/mol. The Morgan fingerprint density at radius 3 is 2.27 bits per heavy atom. The largest absolute Gasteiger partial charge is 0.369 e. The molecule has 158 valence electrons. The summed E-state index contributed by atoms with van der Waals surface area (Å²) in [5, 5.41) is 0. The van der Waals surface area contributed by atoms with Gasteiger partial charge in [-0.25, -0.2) is 0 Å². The molecule has 1 saturated heterocycles. The van der Waals surface area contributed by atoms with Crippen LogP contribution in [0.3, 0.4) is 0 Å². The van der Waals surface area contributed by atoms with Gasteiger partial charge in [-0.05, 0) is 50.3 Å². The van der Waals surface area contributed by atoms with E-state index in [1.165, 1.54) is 12.0 Å². The summed E-state index contributed by atoms with van der Waals surface area (Å²) in [6.45, 7) is 3.04. The Labute approximate surface area is 178 Å². The molecule has 0 unspecified atom stereocenters. The van der Waals surface area contributed by atoms with Crippen molar-refractivity contribution < 1.29 is 9.59 Å². The molecule has 30 heavy (non-hydrogen) atoms. The summed E-state index contributed by atoms with van der Waals surface area (Å²) in [6.07, 6.45) is 8.05. The van der Waals surface area contributed by atoms with Gasteiger partial charge in [0.15, 0.2) is 0 Å². The second-order valence-electron chi connectivity index (χ2n) is 9.00. The van der Waals surface area contributed by atoms with Crippen molar-refractivity contribution in [2.75, 3.05) is 13.1 Å². The minimum atomic E-state index is -0.918. The first-order valence-corrected chi connectivity index (χ1v) is 11.1. The third-order valence-corrected chi connectivity index (χ3v) is 7.13. The van der Waals surface area contributed by atoms with Crippen molar-refractivity contribution in [2.45, 2.75) is 62.7 Å². The molecule has 2 aromatic rings. The van der Waals surface area contributed by atoms with Gasteiger partial charge in [-0.15, -0.1) is 0 Å². The molecule has 2 amide bonds. The van der Waals surface area contributed by atoms with Gasteiger partial charge in [-0.2, -0.15) is 0 Å². The molecule has 2 fully saturated rings. The zero-order valence-electron chi connectivity index (χ0n) is 17.8. The Hall–Kier alpha value is -2.69. The highest BCUT2D eigenvalue weighted by molar-refractivity contribution is 5.91. The van der Waals surface area contributed by atoms with Crippen molar-refractivity contribution in [1.29, 1.82) is 0 Å². The fourth-order valence-corrected chi connectivity index (χ4v) is 5.37. The quantitative estimate of drug-likeness (QED) is 0.844. The average Bonchev–Trinajstić information content (AvgIpc) is 2.80. The molecule has 0 spiro atoms. The SMILES string of the molecule is Cc1ccc(C2(C(=O)N3CCC[C@@](C(N)=O)(c4ccccn4)C3)CCCCC2)cc1. The van der Waals surface area contributed by atoms with Crippen LogP contribution in [0.1, 0.15) is 61.8 Å². The summed E-state index contributed by atoms with van der Waals surface area (Å²) in [5.41, 5.74) is 7.46. The minimum absolute atomic E-state index is 0.146. The number of aromatic nitrogens is 1. The van der Waals surface area contributed by atoms with Gasteiger partial charge in [0.25, 0.3) is 0 Å². The van der Waals surface area contributed by atoms with Gasteiger partial charge in [0.05, 0.1) is 11.1 Å². The van der Waals surface area contributed by atoms with Gasteiger partial charge >= 0.3 is 0 Å². The highest BCUT2D eigenvalue weighted by Crippen LogP contribution is 2.43. The molecule has 5 heteroatoms. The van der Waals surface area contributed by atoms with Gasteiger partial charge in [0, 0.05) is 19.3 Å². The van der Waals surface area contributed by atoms with Crippen LogP contribution in [-0.4, -0.2) is 34.8 Å². The highest BCUT2D eigenvalue weighted by Gasteiger charge is 2.49.